The highest BCUT2D eigenvalue weighted by Gasteiger charge is 2.19. The summed E-state index contributed by atoms with van der Waals surface area (Å²) in [6.45, 7) is 12.5. The van der Waals surface area contributed by atoms with Crippen LogP contribution >= 0.6 is 0 Å². The molecule has 1 unspecified atom stereocenters. The summed E-state index contributed by atoms with van der Waals surface area (Å²) in [6.07, 6.45) is 10.1. The molecule has 152 valence electrons. The van der Waals surface area contributed by atoms with Crippen molar-refractivity contribution >= 4 is 0 Å². The molecule has 0 aliphatic heterocycles. The molecule has 0 fully saturated rings. The molecule has 0 aromatic heterocycles. The molecular formula is C25H34O3. The molecule has 0 radical (unpaired) electrons. The first-order valence-electron chi connectivity index (χ1n) is 10.7. The number of hydrogen-bond donors (Lipinski definition) is 0. The second-order valence-electron chi connectivity index (χ2n) is 7.76. The smallest absolute Gasteiger partial charge is 0.122 e. The van der Waals surface area contributed by atoms with Crippen LogP contribution in [-0.2, 0) is 15.9 Å². The zero-order valence-electron chi connectivity index (χ0n) is 17.3. The van der Waals surface area contributed by atoms with Gasteiger partial charge in [0, 0.05) is 0 Å². The van der Waals surface area contributed by atoms with Gasteiger partial charge >= 0.3 is 0 Å². The highest BCUT2D eigenvalue weighted by molar-refractivity contribution is 5.43. The second kappa shape index (κ2) is 10.5. The Bertz CT molecular complexity index is 717. The Morgan fingerprint density at radius 3 is 2.75 bits per heavy atom. The summed E-state index contributed by atoms with van der Waals surface area (Å²) >= 11 is 0. The van der Waals surface area contributed by atoms with Gasteiger partial charge in [-0.05, 0) is 79.2 Å². The zero-order valence-corrected chi connectivity index (χ0v) is 17.3. The summed E-state index contributed by atoms with van der Waals surface area (Å²) in [5, 5.41) is 0. The lowest BCUT2D eigenvalue weighted by Crippen LogP contribution is -2.14. The standard InChI is InChI=1S/C25H34O3/c1-4-21-10-5-6-11-23(21)20(3)27-17-15-26-16-18-28-25-14-8-12-22-19(2)9-7-13-24(22)25/h4,8,12,14,19H,1,3,5-7,9-11,13,15-18H2,2H3. The fourth-order valence-electron chi connectivity index (χ4n) is 4.28. The average Bonchev–Trinajstić information content (AvgIpc) is 2.73. The van der Waals surface area contributed by atoms with Gasteiger partial charge in [-0.3, -0.25) is 0 Å². The molecule has 0 amide bonds. The van der Waals surface area contributed by atoms with Crippen LogP contribution in [0.3, 0.4) is 0 Å². The van der Waals surface area contributed by atoms with Gasteiger partial charge in [-0.2, -0.15) is 0 Å². The van der Waals surface area contributed by atoms with Crippen LogP contribution in [0.25, 0.3) is 0 Å². The first-order valence-corrected chi connectivity index (χ1v) is 10.7. The predicted octanol–water partition coefficient (Wildman–Crippen LogP) is 6.11. The summed E-state index contributed by atoms with van der Waals surface area (Å²) in [5.41, 5.74) is 5.35. The molecule has 3 heteroatoms. The van der Waals surface area contributed by atoms with Crippen LogP contribution in [0.15, 0.2) is 54.3 Å². The van der Waals surface area contributed by atoms with Crippen molar-refractivity contribution in [3.63, 3.8) is 0 Å². The SMILES string of the molecule is C=CC1=C(C(=C)OCCOCCOc2cccc3c2CCCC3C)CCCC1. The van der Waals surface area contributed by atoms with E-state index in [1.54, 1.807) is 0 Å². The molecule has 2 aliphatic rings. The van der Waals surface area contributed by atoms with E-state index in [-0.39, 0.29) is 0 Å². The molecule has 1 aromatic rings. The quantitative estimate of drug-likeness (QED) is 0.361. The monoisotopic (exact) mass is 382 g/mol. The Balaban J connectivity index is 1.35. The lowest BCUT2D eigenvalue weighted by atomic mass is 9.83. The Labute approximate surface area is 170 Å². The van der Waals surface area contributed by atoms with E-state index in [4.69, 9.17) is 14.2 Å². The Kier molecular flexibility index (Phi) is 7.79. The number of allylic oxidation sites excluding steroid dienone is 3. The van der Waals surface area contributed by atoms with Gasteiger partial charge in [-0.1, -0.05) is 38.3 Å². The maximum atomic E-state index is 6.00. The van der Waals surface area contributed by atoms with E-state index in [0.717, 1.165) is 30.8 Å². The van der Waals surface area contributed by atoms with Crippen molar-refractivity contribution in [2.24, 2.45) is 0 Å². The molecule has 0 saturated carbocycles. The Morgan fingerprint density at radius 1 is 1.07 bits per heavy atom. The summed E-state index contributed by atoms with van der Waals surface area (Å²) in [5.74, 6) is 2.44. The first kappa shape index (κ1) is 20.7. The summed E-state index contributed by atoms with van der Waals surface area (Å²) in [7, 11) is 0. The van der Waals surface area contributed by atoms with Crippen molar-refractivity contribution in [2.45, 2.75) is 57.8 Å². The summed E-state index contributed by atoms with van der Waals surface area (Å²) in [4.78, 5) is 0. The summed E-state index contributed by atoms with van der Waals surface area (Å²) < 4.78 is 17.5. The van der Waals surface area contributed by atoms with Crippen LogP contribution in [-0.4, -0.2) is 26.4 Å². The Hall–Kier alpha value is -2.00. The normalized spacial score (nSPS) is 19.1. The molecule has 0 saturated heterocycles. The maximum Gasteiger partial charge on any atom is 0.122 e. The van der Waals surface area contributed by atoms with Crippen LogP contribution in [0.1, 0.15) is 62.5 Å². The third kappa shape index (κ3) is 5.29. The van der Waals surface area contributed by atoms with E-state index < -0.39 is 0 Å². The predicted molar refractivity (Wildman–Crippen MR) is 115 cm³/mol. The number of fused-ring (bicyclic) bond motifs is 1. The van der Waals surface area contributed by atoms with Crippen LogP contribution in [0.2, 0.25) is 0 Å². The van der Waals surface area contributed by atoms with Crippen molar-refractivity contribution < 1.29 is 14.2 Å². The fraction of sp³-hybridized carbons (Fsp3) is 0.520. The number of rotatable bonds is 10. The molecule has 3 nitrogen and oxygen atoms in total. The van der Waals surface area contributed by atoms with Crippen LogP contribution in [0.5, 0.6) is 5.75 Å². The van der Waals surface area contributed by atoms with Gasteiger partial charge in [-0.15, -0.1) is 0 Å². The van der Waals surface area contributed by atoms with E-state index in [1.807, 2.05) is 6.08 Å². The van der Waals surface area contributed by atoms with Gasteiger partial charge in [0.2, 0.25) is 0 Å². The topological polar surface area (TPSA) is 27.7 Å². The molecule has 0 bridgehead atoms. The van der Waals surface area contributed by atoms with Crippen LogP contribution in [0.4, 0.5) is 0 Å². The van der Waals surface area contributed by atoms with Crippen molar-refractivity contribution in [3.05, 3.63) is 65.5 Å². The van der Waals surface area contributed by atoms with Crippen molar-refractivity contribution in [3.8, 4) is 5.75 Å². The van der Waals surface area contributed by atoms with Crippen molar-refractivity contribution in [1.82, 2.24) is 0 Å². The second-order valence-corrected chi connectivity index (χ2v) is 7.76. The molecule has 3 rings (SSSR count). The average molecular weight is 383 g/mol. The molecule has 1 aromatic carbocycles. The third-order valence-corrected chi connectivity index (χ3v) is 5.85. The fourth-order valence-corrected chi connectivity index (χ4v) is 4.28. The van der Waals surface area contributed by atoms with Gasteiger partial charge in [0.25, 0.3) is 0 Å². The molecule has 0 spiro atoms. The van der Waals surface area contributed by atoms with Gasteiger partial charge in [-0.25, -0.2) is 0 Å². The van der Waals surface area contributed by atoms with Gasteiger partial charge in [0.05, 0.1) is 13.2 Å². The minimum absolute atomic E-state index is 0.519. The third-order valence-electron chi connectivity index (χ3n) is 5.85. The van der Waals surface area contributed by atoms with Crippen molar-refractivity contribution in [2.75, 3.05) is 26.4 Å². The van der Waals surface area contributed by atoms with Crippen LogP contribution in [0, 0.1) is 0 Å². The van der Waals surface area contributed by atoms with Gasteiger partial charge in [0.15, 0.2) is 0 Å². The van der Waals surface area contributed by atoms with Crippen LogP contribution < -0.4 is 4.74 Å². The molecule has 1 atom stereocenters. The highest BCUT2D eigenvalue weighted by atomic mass is 16.5. The maximum absolute atomic E-state index is 6.00. The van der Waals surface area contributed by atoms with Crippen molar-refractivity contribution in [1.29, 1.82) is 0 Å². The number of benzene rings is 1. The molecule has 28 heavy (non-hydrogen) atoms. The van der Waals surface area contributed by atoms with E-state index in [0.29, 0.717) is 32.3 Å². The lowest BCUT2D eigenvalue weighted by Gasteiger charge is -2.24. The van der Waals surface area contributed by atoms with E-state index in [9.17, 15) is 0 Å². The minimum atomic E-state index is 0.519. The lowest BCUT2D eigenvalue weighted by molar-refractivity contribution is 0.0596. The number of ether oxygens (including phenoxy) is 3. The minimum Gasteiger partial charge on any atom is -0.492 e. The largest absolute Gasteiger partial charge is 0.492 e. The molecule has 0 heterocycles. The van der Waals surface area contributed by atoms with Gasteiger partial charge in [0.1, 0.15) is 24.7 Å². The van der Waals surface area contributed by atoms with E-state index in [2.05, 4.69) is 38.3 Å². The molecule has 0 N–H and O–H groups in total. The highest BCUT2D eigenvalue weighted by Crippen LogP contribution is 2.36. The zero-order chi connectivity index (χ0) is 19.8. The van der Waals surface area contributed by atoms with E-state index in [1.165, 1.54) is 48.0 Å². The number of hydrogen-bond acceptors (Lipinski definition) is 3. The molecular weight excluding hydrogens is 348 g/mol. The Morgan fingerprint density at radius 2 is 1.89 bits per heavy atom. The molecule has 2 aliphatic carbocycles. The van der Waals surface area contributed by atoms with Gasteiger partial charge < -0.3 is 14.2 Å². The first-order chi connectivity index (χ1) is 13.7. The van der Waals surface area contributed by atoms with E-state index >= 15 is 0 Å². The summed E-state index contributed by atoms with van der Waals surface area (Å²) in [6, 6.07) is 6.43.